The lowest BCUT2D eigenvalue weighted by molar-refractivity contribution is -0.123. The van der Waals surface area contributed by atoms with Crippen molar-refractivity contribution in [2.75, 3.05) is 11.9 Å². The van der Waals surface area contributed by atoms with Crippen molar-refractivity contribution in [3.8, 4) is 5.75 Å². The van der Waals surface area contributed by atoms with E-state index in [1.54, 1.807) is 12.1 Å². The van der Waals surface area contributed by atoms with Crippen LogP contribution < -0.4 is 10.1 Å². The molecule has 2 aromatic rings. The second kappa shape index (κ2) is 9.12. The maximum absolute atomic E-state index is 13.6. The van der Waals surface area contributed by atoms with E-state index in [4.69, 9.17) is 9.47 Å². The number of amides is 1. The molecular formula is C20H21F2NO4. The Bertz CT molecular complexity index is 786. The minimum Gasteiger partial charge on any atom is -0.493 e. The highest BCUT2D eigenvalue weighted by Crippen LogP contribution is 2.19. The lowest BCUT2D eigenvalue weighted by Gasteiger charge is -2.14. The number of anilines is 1. The van der Waals surface area contributed by atoms with Gasteiger partial charge in [0.05, 0.1) is 12.2 Å². The third-order valence-corrected chi connectivity index (χ3v) is 3.54. The molecule has 0 fully saturated rings. The zero-order valence-corrected chi connectivity index (χ0v) is 15.3. The summed E-state index contributed by atoms with van der Waals surface area (Å²) in [7, 11) is 0. The first-order valence-corrected chi connectivity index (χ1v) is 8.46. The van der Waals surface area contributed by atoms with Crippen molar-refractivity contribution in [1.29, 1.82) is 0 Å². The Kier molecular flexibility index (Phi) is 6.87. The molecule has 1 atom stereocenters. The van der Waals surface area contributed by atoms with Crippen LogP contribution in [0, 0.1) is 17.6 Å². The SMILES string of the molecule is CC(C)COc1ccc(C(=O)O[C@H](C)C(=O)Nc2c(F)cccc2F)cc1. The van der Waals surface area contributed by atoms with E-state index in [2.05, 4.69) is 5.32 Å². The molecule has 2 rings (SSSR count). The molecule has 144 valence electrons. The number of rotatable bonds is 7. The van der Waals surface area contributed by atoms with Crippen molar-refractivity contribution in [3.05, 3.63) is 59.7 Å². The van der Waals surface area contributed by atoms with Crippen molar-refractivity contribution in [1.82, 2.24) is 0 Å². The molecule has 2 aromatic carbocycles. The van der Waals surface area contributed by atoms with Gasteiger partial charge in [-0.3, -0.25) is 4.79 Å². The van der Waals surface area contributed by atoms with Crippen LogP contribution in [-0.4, -0.2) is 24.6 Å². The molecule has 0 heterocycles. The van der Waals surface area contributed by atoms with Gasteiger partial charge in [-0.25, -0.2) is 13.6 Å². The number of esters is 1. The van der Waals surface area contributed by atoms with Crippen molar-refractivity contribution in [2.45, 2.75) is 26.9 Å². The molecule has 7 heteroatoms. The molecule has 0 radical (unpaired) electrons. The van der Waals surface area contributed by atoms with Crippen LogP contribution in [-0.2, 0) is 9.53 Å². The predicted molar refractivity (Wildman–Crippen MR) is 96.6 cm³/mol. The highest BCUT2D eigenvalue weighted by atomic mass is 19.1. The van der Waals surface area contributed by atoms with Gasteiger partial charge in [0.15, 0.2) is 6.10 Å². The number of para-hydroxylation sites is 1. The fourth-order valence-electron chi connectivity index (χ4n) is 2.07. The van der Waals surface area contributed by atoms with Gasteiger partial charge in [0.2, 0.25) is 0 Å². The van der Waals surface area contributed by atoms with Crippen LogP contribution in [0.25, 0.3) is 0 Å². The van der Waals surface area contributed by atoms with Crippen LogP contribution in [0.4, 0.5) is 14.5 Å². The number of nitrogens with one attached hydrogen (secondary N) is 1. The highest BCUT2D eigenvalue weighted by molar-refractivity contribution is 5.97. The number of ether oxygens (including phenoxy) is 2. The monoisotopic (exact) mass is 377 g/mol. The summed E-state index contributed by atoms with van der Waals surface area (Å²) in [5.41, 5.74) is -0.360. The number of halogens is 2. The first-order chi connectivity index (χ1) is 12.8. The smallest absolute Gasteiger partial charge is 0.338 e. The topological polar surface area (TPSA) is 64.6 Å². The fourth-order valence-corrected chi connectivity index (χ4v) is 2.07. The van der Waals surface area contributed by atoms with E-state index >= 15 is 0 Å². The Hall–Kier alpha value is -2.96. The Balaban J connectivity index is 1.95. The highest BCUT2D eigenvalue weighted by Gasteiger charge is 2.21. The van der Waals surface area contributed by atoms with Crippen LogP contribution in [0.5, 0.6) is 5.75 Å². The number of hydrogen-bond acceptors (Lipinski definition) is 4. The van der Waals surface area contributed by atoms with E-state index in [0.29, 0.717) is 18.3 Å². The summed E-state index contributed by atoms with van der Waals surface area (Å²) in [6, 6.07) is 9.48. The second-order valence-corrected chi connectivity index (χ2v) is 6.36. The van der Waals surface area contributed by atoms with Gasteiger partial charge < -0.3 is 14.8 Å². The van der Waals surface area contributed by atoms with E-state index in [1.807, 2.05) is 13.8 Å². The first kappa shape index (κ1) is 20.4. The molecule has 0 aliphatic heterocycles. The largest absolute Gasteiger partial charge is 0.493 e. The quantitative estimate of drug-likeness (QED) is 0.735. The molecule has 0 saturated carbocycles. The van der Waals surface area contributed by atoms with Crippen LogP contribution in [0.1, 0.15) is 31.1 Å². The van der Waals surface area contributed by atoms with Crippen molar-refractivity contribution in [3.63, 3.8) is 0 Å². The van der Waals surface area contributed by atoms with Gasteiger partial charge >= 0.3 is 5.97 Å². The molecule has 0 aliphatic carbocycles. The van der Waals surface area contributed by atoms with Gasteiger partial charge in [0.25, 0.3) is 5.91 Å². The van der Waals surface area contributed by atoms with Crippen molar-refractivity contribution < 1.29 is 27.8 Å². The average molecular weight is 377 g/mol. The Labute approximate surface area is 156 Å². The molecule has 0 saturated heterocycles. The molecule has 0 spiro atoms. The summed E-state index contributed by atoms with van der Waals surface area (Å²) in [6.07, 6.45) is -1.24. The van der Waals surface area contributed by atoms with Gasteiger partial charge in [-0.2, -0.15) is 0 Å². The van der Waals surface area contributed by atoms with Gasteiger partial charge in [0.1, 0.15) is 23.1 Å². The fraction of sp³-hybridized carbons (Fsp3) is 0.300. The van der Waals surface area contributed by atoms with Gasteiger partial charge in [0, 0.05) is 0 Å². The van der Waals surface area contributed by atoms with E-state index in [-0.39, 0.29) is 5.56 Å². The standard InChI is InChI=1S/C20H21F2NO4/c1-12(2)11-26-15-9-7-14(8-10-15)20(25)27-13(3)19(24)23-18-16(21)5-4-6-17(18)22/h4-10,12-13H,11H2,1-3H3,(H,23,24)/t13-/m1/s1. The van der Waals surface area contributed by atoms with E-state index in [0.717, 1.165) is 12.1 Å². The Morgan fingerprint density at radius 2 is 1.59 bits per heavy atom. The van der Waals surface area contributed by atoms with Crippen LogP contribution in [0.15, 0.2) is 42.5 Å². The van der Waals surface area contributed by atoms with Crippen LogP contribution in [0.2, 0.25) is 0 Å². The molecule has 0 aliphatic rings. The second-order valence-electron chi connectivity index (χ2n) is 6.36. The van der Waals surface area contributed by atoms with Crippen molar-refractivity contribution in [2.24, 2.45) is 5.92 Å². The molecule has 0 unspecified atom stereocenters. The van der Waals surface area contributed by atoms with E-state index in [1.165, 1.54) is 25.1 Å². The number of hydrogen-bond donors (Lipinski definition) is 1. The van der Waals surface area contributed by atoms with E-state index in [9.17, 15) is 18.4 Å². The summed E-state index contributed by atoms with van der Waals surface area (Å²) in [4.78, 5) is 24.2. The number of carbonyl (C=O) groups excluding carboxylic acids is 2. The zero-order chi connectivity index (χ0) is 20.0. The maximum atomic E-state index is 13.6. The minimum atomic E-state index is -1.24. The predicted octanol–water partition coefficient (Wildman–Crippen LogP) is 4.18. The molecule has 0 aromatic heterocycles. The summed E-state index contributed by atoms with van der Waals surface area (Å²) in [6.45, 7) is 5.90. The molecule has 1 amide bonds. The minimum absolute atomic E-state index is 0.226. The number of benzene rings is 2. The van der Waals surface area contributed by atoms with Gasteiger partial charge in [-0.15, -0.1) is 0 Å². The Morgan fingerprint density at radius 3 is 2.15 bits per heavy atom. The molecule has 27 heavy (non-hydrogen) atoms. The average Bonchev–Trinajstić information content (AvgIpc) is 2.63. The molecule has 0 bridgehead atoms. The summed E-state index contributed by atoms with van der Waals surface area (Å²) < 4.78 is 37.7. The van der Waals surface area contributed by atoms with Gasteiger partial charge in [-0.1, -0.05) is 19.9 Å². The van der Waals surface area contributed by atoms with Crippen LogP contribution in [0.3, 0.4) is 0 Å². The Morgan fingerprint density at radius 1 is 1.00 bits per heavy atom. The maximum Gasteiger partial charge on any atom is 0.338 e. The van der Waals surface area contributed by atoms with Crippen molar-refractivity contribution >= 4 is 17.6 Å². The summed E-state index contributed by atoms with van der Waals surface area (Å²) in [5.74, 6) is -2.43. The third-order valence-electron chi connectivity index (χ3n) is 3.54. The van der Waals surface area contributed by atoms with Gasteiger partial charge in [-0.05, 0) is 49.2 Å². The lowest BCUT2D eigenvalue weighted by atomic mass is 10.2. The number of carbonyl (C=O) groups is 2. The first-order valence-electron chi connectivity index (χ1n) is 8.46. The lowest BCUT2D eigenvalue weighted by Crippen LogP contribution is -2.30. The van der Waals surface area contributed by atoms with E-state index < -0.39 is 35.3 Å². The third kappa shape index (κ3) is 5.77. The molecular weight excluding hydrogens is 356 g/mol. The normalized spacial score (nSPS) is 11.8. The zero-order valence-electron chi connectivity index (χ0n) is 15.3. The molecule has 1 N–H and O–H groups in total. The molecule has 5 nitrogen and oxygen atoms in total. The van der Waals surface area contributed by atoms with Crippen LogP contribution >= 0.6 is 0 Å². The summed E-state index contributed by atoms with van der Waals surface area (Å²) in [5, 5.41) is 2.09. The summed E-state index contributed by atoms with van der Waals surface area (Å²) >= 11 is 0.